The third-order valence-electron chi connectivity index (χ3n) is 6.19. The fraction of sp³-hybridized carbons (Fsp3) is 0.280. The molecule has 2 N–H and O–H groups in total. The topological polar surface area (TPSA) is 62.2 Å². The maximum atomic E-state index is 10.2. The van der Waals surface area contributed by atoms with Crippen LogP contribution in [0.2, 0.25) is 0 Å². The molecule has 0 spiro atoms. The zero-order chi connectivity index (χ0) is 21.5. The van der Waals surface area contributed by atoms with Gasteiger partial charge in [0, 0.05) is 23.4 Å². The second kappa shape index (κ2) is 7.48. The molecule has 4 rings (SSSR count). The van der Waals surface area contributed by atoms with Crippen LogP contribution in [-0.4, -0.2) is 35.9 Å². The van der Waals surface area contributed by atoms with E-state index in [9.17, 15) is 10.2 Å². The summed E-state index contributed by atoms with van der Waals surface area (Å²) in [5.74, 6) is 1.19. The van der Waals surface area contributed by atoms with Gasteiger partial charge in [-0.1, -0.05) is 18.2 Å². The van der Waals surface area contributed by atoms with Crippen molar-refractivity contribution in [2.24, 2.45) is 0 Å². The molecule has 0 saturated heterocycles. The average molecular weight is 405 g/mol. The summed E-state index contributed by atoms with van der Waals surface area (Å²) in [6.45, 7) is 8.82. The summed E-state index contributed by atoms with van der Waals surface area (Å²) in [6.07, 6.45) is 8.10. The van der Waals surface area contributed by atoms with Gasteiger partial charge in [0.2, 0.25) is 0 Å². The van der Waals surface area contributed by atoms with Gasteiger partial charge in [-0.2, -0.15) is 0 Å². The molecule has 0 radical (unpaired) electrons. The lowest BCUT2D eigenvalue weighted by molar-refractivity contribution is 0.150. The lowest BCUT2D eigenvalue weighted by Gasteiger charge is -2.52. The molecule has 0 unspecified atom stereocenters. The first-order valence-electron chi connectivity index (χ1n) is 10.0. The molecule has 0 bridgehead atoms. The molecule has 2 aliphatic heterocycles. The van der Waals surface area contributed by atoms with E-state index in [2.05, 4.69) is 24.1 Å². The third-order valence-corrected chi connectivity index (χ3v) is 6.19. The number of methoxy groups -OCH3 is 2. The standard InChI is InChI=1S/C25H27NO4/c1-5-10-25(11-6-2)23-17(7-8-22(29-3)24(23)30-4)13-19-18-15-21(28)20(27)14-16(18)9-12-26(19)25/h5-8,13-15,27-28H,1-2,9-12H2,3-4H3. The van der Waals surface area contributed by atoms with Gasteiger partial charge in [-0.15, -0.1) is 13.2 Å². The Labute approximate surface area is 177 Å². The van der Waals surface area contributed by atoms with Crippen molar-refractivity contribution in [2.75, 3.05) is 20.8 Å². The molecule has 0 aromatic heterocycles. The number of hydrogen-bond acceptors (Lipinski definition) is 5. The van der Waals surface area contributed by atoms with E-state index in [0.29, 0.717) is 24.3 Å². The number of benzene rings is 2. The quantitative estimate of drug-likeness (QED) is 0.532. The Bertz CT molecular complexity index is 1040. The molecule has 2 aliphatic rings. The van der Waals surface area contributed by atoms with Gasteiger partial charge >= 0.3 is 0 Å². The first kappa shape index (κ1) is 20.0. The smallest absolute Gasteiger partial charge is 0.166 e. The molecule has 5 nitrogen and oxygen atoms in total. The second-order valence-electron chi connectivity index (χ2n) is 7.71. The zero-order valence-electron chi connectivity index (χ0n) is 17.4. The molecular weight excluding hydrogens is 378 g/mol. The van der Waals surface area contributed by atoms with Gasteiger partial charge in [-0.3, -0.25) is 0 Å². The normalized spacial score (nSPS) is 15.9. The fourth-order valence-electron chi connectivity index (χ4n) is 4.97. The van der Waals surface area contributed by atoms with Gasteiger partial charge in [0.25, 0.3) is 0 Å². The Balaban J connectivity index is 2.06. The molecule has 2 aromatic carbocycles. The predicted octanol–water partition coefficient (Wildman–Crippen LogP) is 4.83. The molecule has 0 atom stereocenters. The number of aromatic hydroxyl groups is 2. The van der Waals surface area contributed by atoms with Gasteiger partial charge in [-0.25, -0.2) is 0 Å². The molecule has 0 fully saturated rings. The second-order valence-corrected chi connectivity index (χ2v) is 7.71. The van der Waals surface area contributed by atoms with Crippen LogP contribution in [0.3, 0.4) is 0 Å². The number of phenols is 2. The van der Waals surface area contributed by atoms with Crippen molar-refractivity contribution in [3.63, 3.8) is 0 Å². The predicted molar refractivity (Wildman–Crippen MR) is 119 cm³/mol. The molecule has 2 heterocycles. The average Bonchev–Trinajstić information content (AvgIpc) is 2.74. The van der Waals surface area contributed by atoms with Crippen LogP contribution in [0.15, 0.2) is 49.6 Å². The van der Waals surface area contributed by atoms with Gasteiger partial charge in [0.15, 0.2) is 23.0 Å². The summed E-state index contributed by atoms with van der Waals surface area (Å²) < 4.78 is 11.4. The first-order valence-corrected chi connectivity index (χ1v) is 10.0. The minimum Gasteiger partial charge on any atom is -0.504 e. The van der Waals surface area contributed by atoms with Crippen LogP contribution in [0, 0.1) is 0 Å². The summed E-state index contributed by atoms with van der Waals surface area (Å²) in [7, 11) is 3.31. The van der Waals surface area contributed by atoms with Crippen molar-refractivity contribution in [1.82, 2.24) is 4.90 Å². The van der Waals surface area contributed by atoms with Crippen LogP contribution >= 0.6 is 0 Å². The SMILES string of the molecule is C=CCC1(CC=C)c2c(ccc(OC)c2OC)C=C2c3cc(O)c(O)cc3CCN21. The number of nitrogens with zero attached hydrogens (tertiary/aromatic N) is 1. The molecule has 156 valence electrons. The van der Waals surface area contributed by atoms with E-state index in [4.69, 9.17) is 9.47 Å². The minimum absolute atomic E-state index is 0.0890. The highest BCUT2D eigenvalue weighted by Gasteiger charge is 2.46. The molecular formula is C25H27NO4. The minimum atomic E-state index is -0.450. The molecule has 5 heteroatoms. The van der Waals surface area contributed by atoms with Gasteiger partial charge in [0.05, 0.1) is 19.8 Å². The van der Waals surface area contributed by atoms with Crippen LogP contribution < -0.4 is 9.47 Å². The number of ether oxygens (including phenoxy) is 2. The van der Waals surface area contributed by atoms with Crippen molar-refractivity contribution in [3.8, 4) is 23.0 Å². The lowest BCUT2D eigenvalue weighted by atomic mass is 9.73. The maximum absolute atomic E-state index is 10.2. The van der Waals surface area contributed by atoms with E-state index >= 15 is 0 Å². The number of phenolic OH excluding ortho intramolecular Hbond substituents is 2. The third kappa shape index (κ3) is 2.76. The van der Waals surface area contributed by atoms with E-state index < -0.39 is 5.54 Å². The van der Waals surface area contributed by atoms with E-state index in [0.717, 1.165) is 40.9 Å². The summed E-state index contributed by atoms with van der Waals surface area (Å²) in [5, 5.41) is 20.2. The van der Waals surface area contributed by atoms with Crippen molar-refractivity contribution >= 4 is 11.8 Å². The van der Waals surface area contributed by atoms with Crippen LogP contribution in [0.5, 0.6) is 23.0 Å². The van der Waals surface area contributed by atoms with Crippen molar-refractivity contribution < 1.29 is 19.7 Å². The fourth-order valence-corrected chi connectivity index (χ4v) is 4.97. The zero-order valence-corrected chi connectivity index (χ0v) is 17.4. The first-order chi connectivity index (χ1) is 14.5. The van der Waals surface area contributed by atoms with Crippen molar-refractivity contribution in [2.45, 2.75) is 24.8 Å². The summed E-state index contributed by atoms with van der Waals surface area (Å²) in [4.78, 5) is 2.36. The van der Waals surface area contributed by atoms with E-state index in [1.165, 1.54) is 0 Å². The molecule has 0 aliphatic carbocycles. The summed E-state index contributed by atoms with van der Waals surface area (Å²) in [6, 6.07) is 7.27. The number of hydrogen-bond donors (Lipinski definition) is 2. The van der Waals surface area contributed by atoms with E-state index in [1.807, 2.05) is 24.3 Å². The number of fused-ring (bicyclic) bond motifs is 4. The van der Waals surface area contributed by atoms with Gasteiger partial charge < -0.3 is 24.6 Å². The molecule has 30 heavy (non-hydrogen) atoms. The van der Waals surface area contributed by atoms with Crippen LogP contribution in [-0.2, 0) is 12.0 Å². The monoisotopic (exact) mass is 405 g/mol. The van der Waals surface area contributed by atoms with E-state index in [-0.39, 0.29) is 11.5 Å². The lowest BCUT2D eigenvalue weighted by Crippen LogP contribution is -2.49. The van der Waals surface area contributed by atoms with Crippen LogP contribution in [0.1, 0.15) is 35.1 Å². The highest BCUT2D eigenvalue weighted by atomic mass is 16.5. The summed E-state index contributed by atoms with van der Waals surface area (Å²) >= 11 is 0. The molecule has 2 aromatic rings. The largest absolute Gasteiger partial charge is 0.504 e. The summed E-state index contributed by atoms with van der Waals surface area (Å²) in [5.41, 5.74) is 4.59. The Morgan fingerprint density at radius 1 is 1.07 bits per heavy atom. The van der Waals surface area contributed by atoms with Gasteiger partial charge in [-0.05, 0) is 54.7 Å². The molecule has 0 saturated carbocycles. The van der Waals surface area contributed by atoms with Crippen LogP contribution in [0.4, 0.5) is 0 Å². The highest BCUT2D eigenvalue weighted by molar-refractivity contribution is 5.88. The Morgan fingerprint density at radius 2 is 1.77 bits per heavy atom. The highest BCUT2D eigenvalue weighted by Crippen LogP contribution is 2.54. The van der Waals surface area contributed by atoms with Gasteiger partial charge in [0.1, 0.15) is 0 Å². The van der Waals surface area contributed by atoms with E-state index in [1.54, 1.807) is 26.4 Å². The Morgan fingerprint density at radius 3 is 2.40 bits per heavy atom. The Hall–Kier alpha value is -3.34. The van der Waals surface area contributed by atoms with Crippen molar-refractivity contribution in [3.05, 3.63) is 71.8 Å². The van der Waals surface area contributed by atoms with Crippen molar-refractivity contribution in [1.29, 1.82) is 0 Å². The number of rotatable bonds is 6. The van der Waals surface area contributed by atoms with Crippen LogP contribution in [0.25, 0.3) is 11.8 Å². The Kier molecular flexibility index (Phi) is 4.98. The molecule has 0 amide bonds. The maximum Gasteiger partial charge on any atom is 0.166 e.